The summed E-state index contributed by atoms with van der Waals surface area (Å²) in [6.07, 6.45) is 2.04. The van der Waals surface area contributed by atoms with Crippen LogP contribution in [0.15, 0.2) is 79.0 Å². The van der Waals surface area contributed by atoms with Gasteiger partial charge in [0, 0.05) is 23.5 Å². The Labute approximate surface area is 182 Å². The highest BCUT2D eigenvalue weighted by molar-refractivity contribution is 5.89. The van der Waals surface area contributed by atoms with Crippen LogP contribution >= 0.6 is 0 Å². The topological polar surface area (TPSA) is 46.6 Å². The van der Waals surface area contributed by atoms with Gasteiger partial charge in [0.05, 0.1) is 13.1 Å². The highest BCUT2D eigenvalue weighted by Crippen LogP contribution is 2.27. The van der Waals surface area contributed by atoms with Gasteiger partial charge in [-0.05, 0) is 54.3 Å². The van der Waals surface area contributed by atoms with E-state index in [4.69, 9.17) is 6.57 Å². The number of fused-ring (bicyclic) bond motifs is 1. The number of Topliss-reactive ketones (excluding diaryl/α,β-unsaturated/α-hetero) is 1. The maximum atomic E-state index is 12.9. The summed E-state index contributed by atoms with van der Waals surface area (Å²) in [7, 11) is 0. The third kappa shape index (κ3) is 4.28. The molecule has 4 heteroatoms. The van der Waals surface area contributed by atoms with Crippen molar-refractivity contribution in [3.63, 3.8) is 0 Å². The lowest BCUT2D eigenvalue weighted by atomic mass is 9.94. The highest BCUT2D eigenvalue weighted by atomic mass is 16.3. The molecule has 1 N–H and O–H groups in total. The Morgan fingerprint density at radius 2 is 1.81 bits per heavy atom. The lowest BCUT2D eigenvalue weighted by Gasteiger charge is -2.23. The fourth-order valence-electron chi connectivity index (χ4n) is 3.90. The molecule has 0 amide bonds. The molecule has 0 bridgehead atoms. The lowest BCUT2D eigenvalue weighted by Crippen LogP contribution is -2.40. The van der Waals surface area contributed by atoms with Crippen molar-refractivity contribution in [3.8, 4) is 11.1 Å². The number of aryl methyl sites for hydroxylation is 1. The molecule has 0 saturated heterocycles. The normalized spacial score (nSPS) is 13.0. The Hall–Kier alpha value is -3.68. The second-order valence-corrected chi connectivity index (χ2v) is 8.19. The van der Waals surface area contributed by atoms with Gasteiger partial charge < -0.3 is 9.67 Å². The molecule has 0 aliphatic carbocycles. The molecule has 0 unspecified atom stereocenters. The van der Waals surface area contributed by atoms with Crippen molar-refractivity contribution in [1.29, 1.82) is 0 Å². The van der Waals surface area contributed by atoms with Gasteiger partial charge in [-0.2, -0.15) is 0 Å². The summed E-state index contributed by atoms with van der Waals surface area (Å²) in [6.45, 7) is 10.8. The number of aliphatic hydroxyl groups is 1. The van der Waals surface area contributed by atoms with Gasteiger partial charge in [-0.3, -0.25) is 4.79 Å². The van der Waals surface area contributed by atoms with E-state index in [0.29, 0.717) is 5.69 Å². The van der Waals surface area contributed by atoms with Crippen LogP contribution in [0.3, 0.4) is 0 Å². The number of aromatic nitrogens is 1. The zero-order valence-electron chi connectivity index (χ0n) is 17.7. The predicted octanol–water partition coefficient (Wildman–Crippen LogP) is 5.73. The average Bonchev–Trinajstić information content (AvgIpc) is 3.16. The Morgan fingerprint density at radius 1 is 1.03 bits per heavy atom. The molecule has 0 aliphatic heterocycles. The zero-order valence-corrected chi connectivity index (χ0v) is 17.7. The summed E-state index contributed by atoms with van der Waals surface area (Å²) in [5, 5.41) is 12.0. The van der Waals surface area contributed by atoms with Gasteiger partial charge in [-0.1, -0.05) is 54.6 Å². The molecule has 0 saturated carbocycles. The molecule has 0 spiro atoms. The van der Waals surface area contributed by atoms with Crippen LogP contribution in [-0.2, 0) is 17.8 Å². The minimum absolute atomic E-state index is 0.128. The van der Waals surface area contributed by atoms with E-state index in [-0.39, 0.29) is 18.7 Å². The van der Waals surface area contributed by atoms with E-state index in [9.17, 15) is 9.90 Å². The van der Waals surface area contributed by atoms with Crippen LogP contribution in [0.2, 0.25) is 0 Å². The van der Waals surface area contributed by atoms with Crippen LogP contribution in [0.1, 0.15) is 18.1 Å². The van der Waals surface area contributed by atoms with Gasteiger partial charge in [0.25, 0.3) is 0 Å². The molecule has 4 nitrogen and oxygen atoms in total. The number of ketones is 1. The summed E-state index contributed by atoms with van der Waals surface area (Å²) in [5.74, 6) is -0.245. The highest BCUT2D eigenvalue weighted by Gasteiger charge is 2.30. The lowest BCUT2D eigenvalue weighted by molar-refractivity contribution is -0.136. The van der Waals surface area contributed by atoms with E-state index in [0.717, 1.165) is 33.2 Å². The average molecular weight is 409 g/mol. The maximum absolute atomic E-state index is 12.9. The number of carbonyl (C=O) groups is 1. The molecule has 154 valence electrons. The molecular weight excluding hydrogens is 384 g/mol. The standard InChI is InChI=1S/C27H24N2O2/c1-19-15-20(9-11-24(19)28-3)16-26(30)27(2,31)18-29-14-13-23-17-22(10-12-25(23)29)21-7-5-4-6-8-21/h4-15,17,31H,16,18H2,1-2H3/t27-/m0/s1. The molecule has 0 aliphatic rings. The number of carbonyl (C=O) groups excluding carboxylic acids is 1. The van der Waals surface area contributed by atoms with Crippen LogP contribution in [0.4, 0.5) is 5.69 Å². The summed E-state index contributed by atoms with van der Waals surface area (Å²) in [5.41, 5.74) is 3.98. The Morgan fingerprint density at radius 3 is 2.52 bits per heavy atom. The quantitative estimate of drug-likeness (QED) is 0.414. The molecule has 1 atom stereocenters. The smallest absolute Gasteiger partial charge is 0.190 e. The van der Waals surface area contributed by atoms with Crippen LogP contribution in [0, 0.1) is 13.5 Å². The van der Waals surface area contributed by atoms with Crippen molar-refractivity contribution in [2.75, 3.05) is 0 Å². The van der Waals surface area contributed by atoms with E-state index in [1.165, 1.54) is 0 Å². The SMILES string of the molecule is [C-]#[N+]c1ccc(CC(=O)[C@@](C)(O)Cn2ccc3cc(-c4ccccc4)ccc32)cc1C. The van der Waals surface area contributed by atoms with E-state index < -0.39 is 5.60 Å². The zero-order chi connectivity index (χ0) is 22.0. The van der Waals surface area contributed by atoms with Gasteiger partial charge in [0.2, 0.25) is 0 Å². The first-order chi connectivity index (χ1) is 14.9. The molecule has 4 rings (SSSR count). The Kier molecular flexibility index (Phi) is 5.46. The molecule has 4 aromatic rings. The third-order valence-electron chi connectivity index (χ3n) is 5.70. The number of rotatable bonds is 6. The first-order valence-electron chi connectivity index (χ1n) is 10.2. The molecule has 1 heterocycles. The fraction of sp³-hybridized carbons (Fsp3) is 0.185. The van der Waals surface area contributed by atoms with Crippen LogP contribution < -0.4 is 0 Å². The number of benzene rings is 3. The van der Waals surface area contributed by atoms with E-state index >= 15 is 0 Å². The van der Waals surface area contributed by atoms with Crippen molar-refractivity contribution in [2.24, 2.45) is 0 Å². The number of hydrogen-bond acceptors (Lipinski definition) is 2. The Bertz CT molecular complexity index is 1290. The second kappa shape index (κ2) is 8.22. The van der Waals surface area contributed by atoms with Gasteiger partial charge in [-0.15, -0.1) is 0 Å². The molecule has 1 aromatic heterocycles. The number of nitrogens with zero attached hydrogens (tertiary/aromatic N) is 2. The maximum Gasteiger partial charge on any atom is 0.190 e. The van der Waals surface area contributed by atoms with E-state index in [1.54, 1.807) is 19.1 Å². The second-order valence-electron chi connectivity index (χ2n) is 8.19. The van der Waals surface area contributed by atoms with E-state index in [1.807, 2.05) is 54.1 Å². The summed E-state index contributed by atoms with van der Waals surface area (Å²) < 4.78 is 1.93. The fourth-order valence-corrected chi connectivity index (χ4v) is 3.90. The first kappa shape index (κ1) is 20.6. The van der Waals surface area contributed by atoms with Gasteiger partial charge in [-0.25, -0.2) is 4.85 Å². The first-order valence-corrected chi connectivity index (χ1v) is 10.2. The third-order valence-corrected chi connectivity index (χ3v) is 5.70. The van der Waals surface area contributed by atoms with Crippen molar-refractivity contribution >= 4 is 22.4 Å². The molecule has 31 heavy (non-hydrogen) atoms. The molecule has 0 fully saturated rings. The van der Waals surface area contributed by atoms with Crippen molar-refractivity contribution in [1.82, 2.24) is 4.57 Å². The predicted molar refractivity (Wildman–Crippen MR) is 124 cm³/mol. The summed E-state index contributed by atoms with van der Waals surface area (Å²) in [4.78, 5) is 16.3. The molecular formula is C27H24N2O2. The van der Waals surface area contributed by atoms with Crippen molar-refractivity contribution in [3.05, 3.63) is 102 Å². The summed E-state index contributed by atoms with van der Waals surface area (Å²) >= 11 is 0. The van der Waals surface area contributed by atoms with Crippen molar-refractivity contribution < 1.29 is 9.90 Å². The van der Waals surface area contributed by atoms with Crippen LogP contribution in [0.25, 0.3) is 26.9 Å². The largest absolute Gasteiger partial charge is 0.380 e. The number of hydrogen-bond donors (Lipinski definition) is 1. The Balaban J connectivity index is 1.54. The van der Waals surface area contributed by atoms with Crippen molar-refractivity contribution in [2.45, 2.75) is 32.4 Å². The van der Waals surface area contributed by atoms with Gasteiger partial charge in [0.1, 0.15) is 5.60 Å². The van der Waals surface area contributed by atoms with E-state index in [2.05, 4.69) is 29.1 Å². The molecule has 0 radical (unpaired) electrons. The molecule has 3 aromatic carbocycles. The van der Waals surface area contributed by atoms with Crippen LogP contribution in [-0.4, -0.2) is 21.1 Å². The van der Waals surface area contributed by atoms with Crippen LogP contribution in [0.5, 0.6) is 0 Å². The minimum atomic E-state index is -1.50. The summed E-state index contributed by atoms with van der Waals surface area (Å²) in [6, 6.07) is 23.8. The monoisotopic (exact) mass is 408 g/mol. The minimum Gasteiger partial charge on any atom is -0.380 e. The van der Waals surface area contributed by atoms with Gasteiger partial charge in [0.15, 0.2) is 11.5 Å². The van der Waals surface area contributed by atoms with Gasteiger partial charge >= 0.3 is 0 Å².